The number of rotatable bonds is 3. The molecule has 1 heterocycles. The number of benzene rings is 2. The number of hydrogen-bond acceptors (Lipinski definition) is 4. The van der Waals surface area contributed by atoms with Crippen LogP contribution >= 0.6 is 0 Å². The van der Waals surface area contributed by atoms with Gasteiger partial charge in [-0.05, 0) is 35.9 Å². The van der Waals surface area contributed by atoms with E-state index in [9.17, 15) is 9.59 Å². The minimum atomic E-state index is -0.182. The van der Waals surface area contributed by atoms with Crippen molar-refractivity contribution in [1.82, 2.24) is 5.32 Å². The number of anilines is 4. The molecule has 2 amide bonds. The summed E-state index contributed by atoms with van der Waals surface area (Å²) in [6.45, 7) is 0. The fourth-order valence-electron chi connectivity index (χ4n) is 2.41. The van der Waals surface area contributed by atoms with Gasteiger partial charge in [-0.3, -0.25) is 9.59 Å². The first-order valence-corrected chi connectivity index (χ1v) is 6.88. The Morgan fingerprint density at radius 1 is 1.23 bits per heavy atom. The van der Waals surface area contributed by atoms with Crippen LogP contribution in [0.3, 0.4) is 0 Å². The second kappa shape index (κ2) is 5.40. The third-order valence-corrected chi connectivity index (χ3v) is 3.55. The van der Waals surface area contributed by atoms with Crippen LogP contribution in [0.4, 0.5) is 22.7 Å². The smallest absolute Gasteiger partial charge is 0.251 e. The van der Waals surface area contributed by atoms with Crippen LogP contribution in [0.25, 0.3) is 0 Å². The number of carbonyl (C=O) groups is 2. The van der Waals surface area contributed by atoms with Gasteiger partial charge >= 0.3 is 0 Å². The molecule has 2 aromatic carbocycles. The van der Waals surface area contributed by atoms with Crippen molar-refractivity contribution in [3.05, 3.63) is 47.5 Å². The van der Waals surface area contributed by atoms with E-state index in [-0.39, 0.29) is 11.8 Å². The van der Waals surface area contributed by atoms with Crippen molar-refractivity contribution in [3.8, 4) is 0 Å². The molecule has 0 bridgehead atoms. The van der Waals surface area contributed by atoms with Gasteiger partial charge in [0.1, 0.15) is 0 Å². The van der Waals surface area contributed by atoms with Crippen LogP contribution in [0.15, 0.2) is 36.4 Å². The van der Waals surface area contributed by atoms with Crippen LogP contribution in [-0.4, -0.2) is 18.9 Å². The molecule has 2 aromatic rings. The van der Waals surface area contributed by atoms with Crippen LogP contribution in [0.5, 0.6) is 0 Å². The Bertz CT molecular complexity index is 771. The number of nitrogens with two attached hydrogens (primary N) is 1. The summed E-state index contributed by atoms with van der Waals surface area (Å²) in [7, 11) is 1.57. The van der Waals surface area contributed by atoms with E-state index in [1.54, 1.807) is 25.2 Å². The molecule has 0 fully saturated rings. The van der Waals surface area contributed by atoms with Crippen LogP contribution < -0.4 is 21.7 Å². The van der Waals surface area contributed by atoms with E-state index in [1.807, 2.05) is 18.2 Å². The third-order valence-electron chi connectivity index (χ3n) is 3.55. The van der Waals surface area contributed by atoms with Gasteiger partial charge in [0.05, 0.1) is 17.8 Å². The summed E-state index contributed by atoms with van der Waals surface area (Å²) in [5.74, 6) is -0.180. The van der Waals surface area contributed by atoms with E-state index in [0.29, 0.717) is 23.4 Å². The van der Waals surface area contributed by atoms with Gasteiger partial charge < -0.3 is 21.7 Å². The summed E-state index contributed by atoms with van der Waals surface area (Å²) < 4.78 is 0. The zero-order valence-corrected chi connectivity index (χ0v) is 12.1. The first-order chi connectivity index (χ1) is 10.6. The zero-order valence-electron chi connectivity index (χ0n) is 12.1. The molecule has 0 saturated heterocycles. The highest BCUT2D eigenvalue weighted by molar-refractivity contribution is 6.00. The summed E-state index contributed by atoms with van der Waals surface area (Å²) >= 11 is 0. The second-order valence-electron chi connectivity index (χ2n) is 5.10. The molecule has 0 aromatic heterocycles. The zero-order chi connectivity index (χ0) is 15.7. The lowest BCUT2D eigenvalue weighted by Gasteiger charge is -2.11. The highest BCUT2D eigenvalue weighted by atomic mass is 16.2. The lowest BCUT2D eigenvalue weighted by molar-refractivity contribution is -0.115. The SMILES string of the molecule is CNC(=O)c1ccc(Nc2ccc3c(c2)NC(=O)C3)c(N)c1. The molecule has 112 valence electrons. The van der Waals surface area contributed by atoms with Crippen LogP contribution in [0.1, 0.15) is 15.9 Å². The Morgan fingerprint density at radius 2 is 2.05 bits per heavy atom. The van der Waals surface area contributed by atoms with E-state index in [2.05, 4.69) is 16.0 Å². The standard InChI is InChI=1S/C16H16N4O2/c1-18-16(22)10-3-5-13(12(17)6-10)19-11-4-2-9-7-15(21)20-14(9)8-11/h2-6,8,19H,7,17H2,1H3,(H,18,22)(H,20,21). The number of carbonyl (C=O) groups excluding carboxylic acids is 2. The van der Waals surface area contributed by atoms with Crippen LogP contribution in [0.2, 0.25) is 0 Å². The van der Waals surface area contributed by atoms with Gasteiger partial charge in [0.25, 0.3) is 5.91 Å². The van der Waals surface area contributed by atoms with Crippen molar-refractivity contribution in [2.45, 2.75) is 6.42 Å². The fourth-order valence-corrected chi connectivity index (χ4v) is 2.41. The van der Waals surface area contributed by atoms with Crippen molar-refractivity contribution < 1.29 is 9.59 Å². The van der Waals surface area contributed by atoms with Crippen LogP contribution in [0, 0.1) is 0 Å². The molecule has 1 aliphatic rings. The molecule has 0 saturated carbocycles. The Hall–Kier alpha value is -3.02. The lowest BCUT2D eigenvalue weighted by atomic mass is 10.1. The summed E-state index contributed by atoms with van der Waals surface area (Å²) in [5, 5.41) is 8.55. The number of fused-ring (bicyclic) bond motifs is 1. The number of hydrogen-bond donors (Lipinski definition) is 4. The molecule has 0 radical (unpaired) electrons. The van der Waals surface area contributed by atoms with Gasteiger partial charge in [0.15, 0.2) is 0 Å². The van der Waals surface area contributed by atoms with Crippen molar-refractivity contribution in [1.29, 1.82) is 0 Å². The molecule has 3 rings (SSSR count). The summed E-state index contributed by atoms with van der Waals surface area (Å²) in [4.78, 5) is 22.9. The molecule has 5 N–H and O–H groups in total. The highest BCUT2D eigenvalue weighted by Crippen LogP contribution is 2.30. The summed E-state index contributed by atoms with van der Waals surface area (Å²) in [6.07, 6.45) is 0.415. The molecule has 6 nitrogen and oxygen atoms in total. The topological polar surface area (TPSA) is 96.2 Å². The van der Waals surface area contributed by atoms with E-state index < -0.39 is 0 Å². The quantitative estimate of drug-likeness (QED) is 0.650. The largest absolute Gasteiger partial charge is 0.397 e. The molecule has 0 aliphatic carbocycles. The van der Waals surface area contributed by atoms with E-state index >= 15 is 0 Å². The monoisotopic (exact) mass is 296 g/mol. The molecule has 0 unspecified atom stereocenters. The molecule has 1 aliphatic heterocycles. The number of nitrogen functional groups attached to an aromatic ring is 1. The molecular formula is C16H16N4O2. The Balaban J connectivity index is 1.83. The van der Waals surface area contributed by atoms with E-state index in [1.165, 1.54) is 0 Å². The highest BCUT2D eigenvalue weighted by Gasteiger charge is 2.17. The summed E-state index contributed by atoms with van der Waals surface area (Å²) in [5.41, 5.74) is 10.3. The first-order valence-electron chi connectivity index (χ1n) is 6.88. The maximum Gasteiger partial charge on any atom is 0.251 e. The number of nitrogens with one attached hydrogen (secondary N) is 3. The molecular weight excluding hydrogens is 280 g/mol. The van der Waals surface area contributed by atoms with Crippen LogP contribution in [-0.2, 0) is 11.2 Å². The van der Waals surface area contributed by atoms with Gasteiger partial charge in [0, 0.05) is 24.0 Å². The van der Waals surface area contributed by atoms with Crippen molar-refractivity contribution in [2.75, 3.05) is 23.4 Å². The minimum absolute atomic E-state index is 0.00148. The van der Waals surface area contributed by atoms with E-state index in [4.69, 9.17) is 5.73 Å². The van der Waals surface area contributed by atoms with Gasteiger partial charge in [-0.15, -0.1) is 0 Å². The molecule has 0 atom stereocenters. The first kappa shape index (κ1) is 13.9. The average molecular weight is 296 g/mol. The van der Waals surface area contributed by atoms with Gasteiger partial charge in [-0.25, -0.2) is 0 Å². The summed E-state index contributed by atoms with van der Waals surface area (Å²) in [6, 6.07) is 10.7. The van der Waals surface area contributed by atoms with Crippen molar-refractivity contribution in [2.24, 2.45) is 0 Å². The number of amides is 2. The normalized spacial score (nSPS) is 12.5. The van der Waals surface area contributed by atoms with Gasteiger partial charge in [-0.1, -0.05) is 6.07 Å². The van der Waals surface area contributed by atoms with Gasteiger partial charge in [-0.2, -0.15) is 0 Å². The molecule has 6 heteroatoms. The molecule has 22 heavy (non-hydrogen) atoms. The lowest BCUT2D eigenvalue weighted by Crippen LogP contribution is -2.17. The average Bonchev–Trinajstić information content (AvgIpc) is 2.87. The Morgan fingerprint density at radius 3 is 2.77 bits per heavy atom. The Labute approximate surface area is 127 Å². The predicted octanol–water partition coefficient (Wildman–Crippen LogP) is 1.87. The van der Waals surface area contributed by atoms with Crippen molar-refractivity contribution in [3.63, 3.8) is 0 Å². The maximum atomic E-state index is 11.6. The van der Waals surface area contributed by atoms with E-state index in [0.717, 1.165) is 16.9 Å². The third kappa shape index (κ3) is 2.58. The van der Waals surface area contributed by atoms with Gasteiger partial charge in [0.2, 0.25) is 5.91 Å². The fraction of sp³-hybridized carbons (Fsp3) is 0.125. The second-order valence-corrected chi connectivity index (χ2v) is 5.10. The predicted molar refractivity (Wildman–Crippen MR) is 86.3 cm³/mol. The Kier molecular flexibility index (Phi) is 3.42. The molecule has 0 spiro atoms. The maximum absolute atomic E-state index is 11.6. The van der Waals surface area contributed by atoms with Crippen molar-refractivity contribution >= 4 is 34.6 Å². The minimum Gasteiger partial charge on any atom is -0.397 e.